The van der Waals surface area contributed by atoms with Gasteiger partial charge in [-0.25, -0.2) is 0 Å². The van der Waals surface area contributed by atoms with Crippen molar-refractivity contribution >= 4 is 39.2 Å². The SMILES string of the molecule is Cc1cc2ccccc2[cH-]1.[CH3-].[CH3-].[Si]=[Zr].c1ccc2c(c1)[cH-]c1ccccc12. The van der Waals surface area contributed by atoms with Crippen LogP contribution in [0.2, 0.25) is 0 Å². The monoisotopic (exact) mass is 442 g/mol. The number of aryl methyl sites for hydroxylation is 1. The first kappa shape index (κ1) is 23.3. The zero-order valence-electron chi connectivity index (χ0n) is 16.2. The third kappa shape index (κ3) is 5.37. The van der Waals surface area contributed by atoms with Crippen molar-refractivity contribution in [1.82, 2.24) is 0 Å². The fourth-order valence-electron chi connectivity index (χ4n) is 3.21. The Balaban J connectivity index is 0.000000237. The van der Waals surface area contributed by atoms with Crippen LogP contribution in [0.3, 0.4) is 0 Å². The van der Waals surface area contributed by atoms with Crippen molar-refractivity contribution in [3.8, 4) is 0 Å². The van der Waals surface area contributed by atoms with E-state index in [0.717, 1.165) is 0 Å². The van der Waals surface area contributed by atoms with Crippen LogP contribution in [0.15, 0.2) is 91.0 Å². The van der Waals surface area contributed by atoms with Gasteiger partial charge in [-0.1, -0.05) is 49.4 Å². The van der Waals surface area contributed by atoms with E-state index < -0.39 is 0 Å². The van der Waals surface area contributed by atoms with Crippen molar-refractivity contribution in [2.75, 3.05) is 0 Å². The van der Waals surface area contributed by atoms with Crippen molar-refractivity contribution in [2.45, 2.75) is 6.92 Å². The van der Waals surface area contributed by atoms with E-state index in [2.05, 4.69) is 105 Å². The molecule has 0 bridgehead atoms. The van der Waals surface area contributed by atoms with Crippen molar-refractivity contribution in [3.05, 3.63) is 111 Å². The standard InChI is InChI=1S/C13H9.C10H9.2CH3.Si.Zr/c1-3-7-12-10(5-1)9-11-6-2-4-8-13(11)12;1-8-6-9-4-2-3-5-10(9)7-8;;;;/h1-9H;2-7H,1H3;2*1H3;;/q4*-1;;. The predicted octanol–water partition coefficient (Wildman–Crippen LogP) is 7.10. The molecule has 5 rings (SSSR count). The second-order valence-electron chi connectivity index (χ2n) is 5.98. The molecule has 0 aliphatic heterocycles. The molecule has 0 saturated carbocycles. The number of benzene rings is 3. The Morgan fingerprint density at radius 1 is 0.630 bits per heavy atom. The summed E-state index contributed by atoms with van der Waals surface area (Å²) in [5.41, 5.74) is 1.35. The van der Waals surface area contributed by atoms with E-state index in [1.807, 2.05) is 0 Å². The molecular weight excluding hydrogens is 420 g/mol. The Morgan fingerprint density at radius 2 is 1.07 bits per heavy atom. The molecule has 0 saturated heterocycles. The summed E-state index contributed by atoms with van der Waals surface area (Å²) < 4.78 is 0. The zero-order chi connectivity index (χ0) is 17.6. The summed E-state index contributed by atoms with van der Waals surface area (Å²) in [7, 11) is 0. The van der Waals surface area contributed by atoms with Gasteiger partial charge in [-0.3, -0.25) is 0 Å². The summed E-state index contributed by atoms with van der Waals surface area (Å²) in [6.45, 7) is 5.19. The average Bonchev–Trinajstić information content (AvgIpc) is 3.23. The van der Waals surface area contributed by atoms with Gasteiger partial charge in [0.25, 0.3) is 0 Å². The van der Waals surface area contributed by atoms with E-state index in [-0.39, 0.29) is 14.9 Å². The van der Waals surface area contributed by atoms with Gasteiger partial charge in [0.15, 0.2) is 0 Å². The van der Waals surface area contributed by atoms with Gasteiger partial charge in [-0.2, -0.15) is 6.07 Å². The Hall–Kier alpha value is -1.76. The Bertz CT molecular complexity index is 1020. The summed E-state index contributed by atoms with van der Waals surface area (Å²) in [6.07, 6.45) is 0. The van der Waals surface area contributed by atoms with Gasteiger partial charge in [-0.15, -0.1) is 80.3 Å². The van der Waals surface area contributed by atoms with E-state index in [1.54, 1.807) is 0 Å². The van der Waals surface area contributed by atoms with Crippen LogP contribution < -0.4 is 0 Å². The molecule has 0 spiro atoms. The van der Waals surface area contributed by atoms with Gasteiger partial charge in [0.05, 0.1) is 0 Å². The number of hydrogen-bond acceptors (Lipinski definition) is 0. The van der Waals surface area contributed by atoms with Crippen LogP contribution in [-0.4, -0.2) is 6.88 Å². The van der Waals surface area contributed by atoms with Crippen LogP contribution in [-0.2, 0) is 23.3 Å². The molecule has 0 atom stereocenters. The molecule has 27 heavy (non-hydrogen) atoms. The van der Waals surface area contributed by atoms with Gasteiger partial charge in [0, 0.05) is 0 Å². The first-order valence-electron chi connectivity index (χ1n) is 8.21. The minimum Gasteiger partial charge on any atom is -0.126 e. The Labute approximate surface area is 180 Å². The fraction of sp³-hybridized carbons (Fsp3) is 0.0400. The summed E-state index contributed by atoms with van der Waals surface area (Å²) in [4.78, 5) is 0. The van der Waals surface area contributed by atoms with E-state index in [1.165, 1.54) is 61.2 Å². The number of fused-ring (bicyclic) bond motifs is 4. The molecule has 0 nitrogen and oxygen atoms in total. The van der Waals surface area contributed by atoms with Crippen molar-refractivity contribution < 1.29 is 23.3 Å². The first-order valence-corrected chi connectivity index (χ1v) is 12.4. The van der Waals surface area contributed by atoms with Crippen LogP contribution in [0.4, 0.5) is 0 Å². The fourth-order valence-corrected chi connectivity index (χ4v) is 3.21. The van der Waals surface area contributed by atoms with Gasteiger partial charge >= 0.3 is 30.2 Å². The molecule has 0 aliphatic carbocycles. The Morgan fingerprint density at radius 3 is 1.59 bits per heavy atom. The molecule has 0 unspecified atom stereocenters. The maximum absolute atomic E-state index is 3.06. The molecule has 0 amide bonds. The Kier molecular flexibility index (Phi) is 9.63. The molecule has 0 aromatic heterocycles. The van der Waals surface area contributed by atoms with Crippen LogP contribution >= 0.6 is 0 Å². The third-order valence-corrected chi connectivity index (χ3v) is 4.29. The molecule has 136 valence electrons. The van der Waals surface area contributed by atoms with E-state index in [0.29, 0.717) is 0 Å². The molecule has 0 heterocycles. The normalized spacial score (nSPS) is 9.33. The summed E-state index contributed by atoms with van der Waals surface area (Å²) in [5.74, 6) is 0. The van der Waals surface area contributed by atoms with E-state index >= 15 is 0 Å². The first-order chi connectivity index (χ1) is 12.3. The van der Waals surface area contributed by atoms with Crippen LogP contribution in [0.25, 0.3) is 32.3 Å². The van der Waals surface area contributed by atoms with Crippen LogP contribution in [0, 0.1) is 21.8 Å². The molecule has 5 aromatic carbocycles. The third-order valence-electron chi connectivity index (χ3n) is 4.29. The van der Waals surface area contributed by atoms with Crippen LogP contribution in [0.1, 0.15) is 5.56 Å². The second-order valence-corrected chi connectivity index (χ2v) is 5.98. The summed E-state index contributed by atoms with van der Waals surface area (Å²) in [6, 6.07) is 32.1. The maximum atomic E-state index is 3.06. The van der Waals surface area contributed by atoms with Gasteiger partial charge < -0.3 is 14.9 Å². The van der Waals surface area contributed by atoms with E-state index in [9.17, 15) is 0 Å². The molecule has 2 radical (unpaired) electrons. The number of rotatable bonds is 0. The van der Waals surface area contributed by atoms with Crippen molar-refractivity contribution in [3.63, 3.8) is 0 Å². The van der Waals surface area contributed by atoms with Gasteiger partial charge in [0.2, 0.25) is 0 Å². The zero-order valence-corrected chi connectivity index (χ0v) is 19.6. The van der Waals surface area contributed by atoms with Gasteiger partial charge in [0.1, 0.15) is 0 Å². The second kappa shape index (κ2) is 11.2. The summed E-state index contributed by atoms with van der Waals surface area (Å²) in [5, 5.41) is 8.09. The molecule has 2 heteroatoms. The largest absolute Gasteiger partial charge is 0.126 e. The average molecular weight is 444 g/mol. The smallest absolute Gasteiger partial charge is 0.0771 e. The summed E-state index contributed by atoms with van der Waals surface area (Å²) >= 11 is 1.36. The quantitative estimate of drug-likeness (QED) is 0.177. The number of hydrogen-bond donors (Lipinski definition) is 0. The van der Waals surface area contributed by atoms with Crippen molar-refractivity contribution in [1.29, 1.82) is 0 Å². The van der Waals surface area contributed by atoms with E-state index in [4.69, 9.17) is 0 Å². The molecule has 0 aliphatic rings. The minimum absolute atomic E-state index is 0. The van der Waals surface area contributed by atoms with Crippen molar-refractivity contribution in [2.24, 2.45) is 0 Å². The molecule has 0 fully saturated rings. The molecule has 0 N–H and O–H groups in total. The maximum Gasteiger partial charge on any atom is -0.0771 e. The van der Waals surface area contributed by atoms with Gasteiger partial charge in [-0.05, 0) is 0 Å². The van der Waals surface area contributed by atoms with Crippen LogP contribution in [0.5, 0.6) is 0 Å². The topological polar surface area (TPSA) is 0 Å². The molecule has 5 aromatic rings. The molecular formula is C25H24SiZr-4. The predicted molar refractivity (Wildman–Crippen MR) is 120 cm³/mol. The minimum atomic E-state index is 0.